The summed E-state index contributed by atoms with van der Waals surface area (Å²) in [5.41, 5.74) is 8.34. The van der Waals surface area contributed by atoms with Gasteiger partial charge in [-0.05, 0) is 35.9 Å². The molecule has 2 N–H and O–H groups in total. The minimum absolute atomic E-state index is 0.0135. The average Bonchev–Trinajstić information content (AvgIpc) is 2.53. The first kappa shape index (κ1) is 13.8. The van der Waals surface area contributed by atoms with Gasteiger partial charge >= 0.3 is 0 Å². The van der Waals surface area contributed by atoms with Crippen molar-refractivity contribution >= 4 is 35.1 Å². The number of thioether (sulfide) groups is 1. The summed E-state index contributed by atoms with van der Waals surface area (Å²) in [5.74, 6) is 0.943. The predicted molar refractivity (Wildman–Crippen MR) is 89.4 cm³/mol. The topological polar surface area (TPSA) is 46.3 Å². The van der Waals surface area contributed by atoms with Crippen LogP contribution >= 0.6 is 11.8 Å². The van der Waals surface area contributed by atoms with Gasteiger partial charge in [-0.25, -0.2) is 0 Å². The van der Waals surface area contributed by atoms with Crippen molar-refractivity contribution in [3.05, 3.63) is 60.2 Å². The minimum atomic E-state index is 0.0135. The Morgan fingerprint density at radius 2 is 1.90 bits per heavy atom. The molecule has 0 fully saturated rings. The lowest BCUT2D eigenvalue weighted by Crippen LogP contribution is -2.34. The quantitative estimate of drug-likeness (QED) is 0.682. The van der Waals surface area contributed by atoms with Crippen LogP contribution in [0.15, 0.2) is 59.5 Å². The number of para-hydroxylation sites is 1. The minimum Gasteiger partial charge on any atom is -0.399 e. The third-order valence-corrected chi connectivity index (χ3v) is 4.39. The van der Waals surface area contributed by atoms with E-state index in [0.717, 1.165) is 34.1 Å². The van der Waals surface area contributed by atoms with E-state index in [1.54, 1.807) is 17.8 Å². The van der Waals surface area contributed by atoms with Crippen molar-refractivity contribution in [2.24, 2.45) is 0 Å². The molecule has 0 atom stereocenters. The highest BCUT2D eigenvalue weighted by molar-refractivity contribution is 7.99. The SMILES string of the molecule is Nc1ccc(/C=C/C(=O)N2CCSc3ccccc32)cc1. The summed E-state index contributed by atoms with van der Waals surface area (Å²) in [4.78, 5) is 15.4. The number of rotatable bonds is 2. The van der Waals surface area contributed by atoms with Crippen LogP contribution in [0.4, 0.5) is 11.4 Å². The Balaban J connectivity index is 1.79. The standard InChI is InChI=1S/C17H16N2OS/c18-14-8-5-13(6-9-14)7-10-17(20)19-11-12-21-16-4-2-1-3-15(16)19/h1-10H,11-12,18H2/b10-7+. The van der Waals surface area contributed by atoms with E-state index in [-0.39, 0.29) is 5.91 Å². The fourth-order valence-corrected chi connectivity index (χ4v) is 3.26. The second-order valence-electron chi connectivity index (χ2n) is 4.81. The van der Waals surface area contributed by atoms with Gasteiger partial charge in [0.05, 0.1) is 5.69 Å². The lowest BCUT2D eigenvalue weighted by atomic mass is 10.2. The zero-order valence-corrected chi connectivity index (χ0v) is 12.3. The fourth-order valence-electron chi connectivity index (χ4n) is 2.26. The lowest BCUT2D eigenvalue weighted by Gasteiger charge is -2.27. The Bertz CT molecular complexity index is 679. The van der Waals surface area contributed by atoms with Crippen LogP contribution in [-0.2, 0) is 4.79 Å². The number of benzene rings is 2. The number of carbonyl (C=O) groups is 1. The zero-order valence-electron chi connectivity index (χ0n) is 11.5. The molecule has 0 saturated carbocycles. The van der Waals surface area contributed by atoms with Gasteiger partial charge in [-0.2, -0.15) is 0 Å². The van der Waals surface area contributed by atoms with Gasteiger partial charge in [0, 0.05) is 29.0 Å². The van der Waals surface area contributed by atoms with Gasteiger partial charge in [0.15, 0.2) is 0 Å². The summed E-state index contributed by atoms with van der Waals surface area (Å²) < 4.78 is 0. The fraction of sp³-hybridized carbons (Fsp3) is 0.118. The summed E-state index contributed by atoms with van der Waals surface area (Å²) in [6.45, 7) is 0.743. The molecule has 4 heteroatoms. The van der Waals surface area contributed by atoms with Gasteiger partial charge in [-0.15, -0.1) is 11.8 Å². The first-order chi connectivity index (χ1) is 10.2. The van der Waals surface area contributed by atoms with E-state index in [2.05, 4.69) is 6.07 Å². The van der Waals surface area contributed by atoms with E-state index < -0.39 is 0 Å². The Kier molecular flexibility index (Phi) is 3.97. The number of amides is 1. The maximum atomic E-state index is 12.4. The largest absolute Gasteiger partial charge is 0.399 e. The smallest absolute Gasteiger partial charge is 0.251 e. The molecule has 0 aliphatic carbocycles. The van der Waals surface area contributed by atoms with Gasteiger partial charge < -0.3 is 10.6 Å². The number of nitrogens with zero attached hydrogens (tertiary/aromatic N) is 1. The van der Waals surface area contributed by atoms with Crippen molar-refractivity contribution in [3.63, 3.8) is 0 Å². The van der Waals surface area contributed by atoms with E-state index in [1.165, 1.54) is 0 Å². The van der Waals surface area contributed by atoms with Crippen molar-refractivity contribution in [1.29, 1.82) is 0 Å². The van der Waals surface area contributed by atoms with Crippen molar-refractivity contribution in [2.45, 2.75) is 4.90 Å². The zero-order chi connectivity index (χ0) is 14.7. The molecule has 0 radical (unpaired) electrons. The van der Waals surface area contributed by atoms with E-state index in [0.29, 0.717) is 0 Å². The summed E-state index contributed by atoms with van der Waals surface area (Å²) >= 11 is 1.79. The monoisotopic (exact) mass is 296 g/mol. The molecular weight excluding hydrogens is 280 g/mol. The molecule has 21 heavy (non-hydrogen) atoms. The van der Waals surface area contributed by atoms with E-state index in [4.69, 9.17) is 5.73 Å². The number of nitrogens with two attached hydrogens (primary N) is 1. The summed E-state index contributed by atoms with van der Waals surface area (Å²) in [5, 5.41) is 0. The van der Waals surface area contributed by atoms with E-state index >= 15 is 0 Å². The summed E-state index contributed by atoms with van der Waals surface area (Å²) in [6.07, 6.45) is 3.45. The van der Waals surface area contributed by atoms with Crippen LogP contribution in [0.1, 0.15) is 5.56 Å². The molecule has 0 spiro atoms. The van der Waals surface area contributed by atoms with Crippen molar-refractivity contribution in [1.82, 2.24) is 0 Å². The summed E-state index contributed by atoms with van der Waals surface area (Å²) in [7, 11) is 0. The molecule has 106 valence electrons. The van der Waals surface area contributed by atoms with Crippen molar-refractivity contribution in [2.75, 3.05) is 22.9 Å². The van der Waals surface area contributed by atoms with Crippen LogP contribution in [0.3, 0.4) is 0 Å². The number of carbonyl (C=O) groups excluding carboxylic acids is 1. The highest BCUT2D eigenvalue weighted by Gasteiger charge is 2.20. The highest BCUT2D eigenvalue weighted by Crippen LogP contribution is 2.34. The molecule has 2 aromatic carbocycles. The third kappa shape index (κ3) is 3.11. The molecule has 1 heterocycles. The molecular formula is C17H16N2OS. The lowest BCUT2D eigenvalue weighted by molar-refractivity contribution is -0.114. The van der Waals surface area contributed by atoms with Gasteiger partial charge in [-0.3, -0.25) is 4.79 Å². The van der Waals surface area contributed by atoms with E-state index in [9.17, 15) is 4.79 Å². The number of fused-ring (bicyclic) bond motifs is 1. The molecule has 3 nitrogen and oxygen atoms in total. The Morgan fingerprint density at radius 1 is 1.14 bits per heavy atom. The second kappa shape index (κ2) is 6.06. The van der Waals surface area contributed by atoms with Gasteiger partial charge in [0.1, 0.15) is 0 Å². The molecule has 0 saturated heterocycles. The predicted octanol–water partition coefficient (Wildman–Crippen LogP) is 3.42. The molecule has 1 aliphatic heterocycles. The number of hydrogen-bond donors (Lipinski definition) is 1. The molecule has 0 aromatic heterocycles. The Labute approximate surface area is 128 Å². The van der Waals surface area contributed by atoms with Gasteiger partial charge in [0.25, 0.3) is 5.91 Å². The van der Waals surface area contributed by atoms with Crippen LogP contribution in [-0.4, -0.2) is 18.2 Å². The first-order valence-electron chi connectivity index (χ1n) is 6.81. The first-order valence-corrected chi connectivity index (χ1v) is 7.79. The van der Waals surface area contributed by atoms with Crippen molar-refractivity contribution in [3.8, 4) is 0 Å². The number of anilines is 2. The van der Waals surface area contributed by atoms with Gasteiger partial charge in [0.2, 0.25) is 0 Å². The molecule has 2 aromatic rings. The van der Waals surface area contributed by atoms with Crippen LogP contribution in [0, 0.1) is 0 Å². The second-order valence-corrected chi connectivity index (χ2v) is 5.94. The van der Waals surface area contributed by atoms with Crippen LogP contribution in [0.5, 0.6) is 0 Å². The molecule has 1 amide bonds. The Hall–Kier alpha value is -2.20. The van der Waals surface area contributed by atoms with Gasteiger partial charge in [-0.1, -0.05) is 24.3 Å². The third-order valence-electron chi connectivity index (χ3n) is 3.35. The summed E-state index contributed by atoms with van der Waals surface area (Å²) in [6, 6.07) is 15.5. The molecule has 0 unspecified atom stereocenters. The molecule has 1 aliphatic rings. The Morgan fingerprint density at radius 3 is 2.71 bits per heavy atom. The average molecular weight is 296 g/mol. The molecule has 0 bridgehead atoms. The van der Waals surface area contributed by atoms with E-state index in [1.807, 2.05) is 53.4 Å². The molecule has 3 rings (SSSR count). The highest BCUT2D eigenvalue weighted by atomic mass is 32.2. The normalized spacial score (nSPS) is 14.2. The maximum Gasteiger partial charge on any atom is 0.251 e. The van der Waals surface area contributed by atoms with Crippen molar-refractivity contribution < 1.29 is 4.79 Å². The maximum absolute atomic E-state index is 12.4. The van der Waals surface area contributed by atoms with Crippen LogP contribution < -0.4 is 10.6 Å². The van der Waals surface area contributed by atoms with Crippen LogP contribution in [0.2, 0.25) is 0 Å². The number of nitrogen functional groups attached to an aromatic ring is 1. The number of hydrogen-bond acceptors (Lipinski definition) is 3. The van der Waals surface area contributed by atoms with Crippen LogP contribution in [0.25, 0.3) is 6.08 Å².